The molecule has 3 nitrogen and oxygen atoms in total. The Morgan fingerprint density at radius 1 is 1.10 bits per heavy atom. The standard InChI is InChI=1S/C16H16BrN3/c1-11(16-7-8-18-20(16)2)19-15-6-4-12-9-14(17)5-3-13(12)10-15/h3-11,19H,1-2H3. The van der Waals surface area contributed by atoms with Gasteiger partial charge in [-0.25, -0.2) is 0 Å². The van der Waals surface area contributed by atoms with Crippen molar-refractivity contribution in [2.24, 2.45) is 7.05 Å². The lowest BCUT2D eigenvalue weighted by Crippen LogP contribution is -2.11. The number of nitrogens with one attached hydrogen (secondary N) is 1. The summed E-state index contributed by atoms with van der Waals surface area (Å²) in [5.74, 6) is 0. The van der Waals surface area contributed by atoms with Crippen LogP contribution in [0, 0.1) is 0 Å². The van der Waals surface area contributed by atoms with Crippen molar-refractivity contribution >= 4 is 32.4 Å². The SMILES string of the molecule is CC(Nc1ccc2cc(Br)ccc2c1)c1ccnn1C. The van der Waals surface area contributed by atoms with E-state index in [4.69, 9.17) is 0 Å². The van der Waals surface area contributed by atoms with E-state index in [0.29, 0.717) is 0 Å². The van der Waals surface area contributed by atoms with E-state index in [1.54, 1.807) is 0 Å². The van der Waals surface area contributed by atoms with Gasteiger partial charge in [0, 0.05) is 23.4 Å². The highest BCUT2D eigenvalue weighted by molar-refractivity contribution is 9.10. The van der Waals surface area contributed by atoms with Gasteiger partial charge in [0.1, 0.15) is 0 Å². The molecule has 1 atom stereocenters. The molecule has 3 rings (SSSR count). The molecule has 0 aliphatic heterocycles. The molecule has 1 N–H and O–H groups in total. The summed E-state index contributed by atoms with van der Waals surface area (Å²) >= 11 is 3.50. The van der Waals surface area contributed by atoms with Crippen LogP contribution >= 0.6 is 15.9 Å². The van der Waals surface area contributed by atoms with Crippen LogP contribution in [0.3, 0.4) is 0 Å². The summed E-state index contributed by atoms with van der Waals surface area (Å²) < 4.78 is 3.00. The first-order valence-electron chi connectivity index (χ1n) is 6.57. The Labute approximate surface area is 126 Å². The molecule has 102 valence electrons. The van der Waals surface area contributed by atoms with Crippen molar-refractivity contribution in [3.63, 3.8) is 0 Å². The highest BCUT2D eigenvalue weighted by Gasteiger charge is 2.09. The molecule has 4 heteroatoms. The second kappa shape index (κ2) is 5.29. The lowest BCUT2D eigenvalue weighted by molar-refractivity contribution is 0.676. The Bertz CT molecular complexity index is 748. The van der Waals surface area contributed by atoms with Gasteiger partial charge in [-0.1, -0.05) is 28.1 Å². The van der Waals surface area contributed by atoms with Gasteiger partial charge in [-0.15, -0.1) is 0 Å². The fourth-order valence-corrected chi connectivity index (χ4v) is 2.82. The van der Waals surface area contributed by atoms with Crippen LogP contribution in [0.2, 0.25) is 0 Å². The quantitative estimate of drug-likeness (QED) is 0.766. The summed E-state index contributed by atoms with van der Waals surface area (Å²) in [5, 5.41) is 10.2. The first-order chi connectivity index (χ1) is 9.63. The van der Waals surface area contributed by atoms with Crippen molar-refractivity contribution in [3.05, 3.63) is 58.8 Å². The van der Waals surface area contributed by atoms with Crippen molar-refractivity contribution in [1.82, 2.24) is 9.78 Å². The monoisotopic (exact) mass is 329 g/mol. The van der Waals surface area contributed by atoms with Gasteiger partial charge in [0.15, 0.2) is 0 Å². The van der Waals surface area contributed by atoms with E-state index in [2.05, 4.69) is 69.7 Å². The minimum atomic E-state index is 0.218. The number of hydrogen-bond donors (Lipinski definition) is 1. The van der Waals surface area contributed by atoms with E-state index in [9.17, 15) is 0 Å². The average Bonchev–Trinajstić information content (AvgIpc) is 2.85. The Balaban J connectivity index is 1.88. The van der Waals surface area contributed by atoms with Crippen molar-refractivity contribution in [3.8, 4) is 0 Å². The van der Waals surface area contributed by atoms with Crippen LogP contribution in [-0.4, -0.2) is 9.78 Å². The number of aromatic nitrogens is 2. The normalized spacial score (nSPS) is 12.6. The fraction of sp³-hybridized carbons (Fsp3) is 0.188. The predicted octanol–water partition coefficient (Wildman–Crippen LogP) is 4.51. The Morgan fingerprint density at radius 2 is 1.85 bits per heavy atom. The van der Waals surface area contributed by atoms with Crippen molar-refractivity contribution < 1.29 is 0 Å². The van der Waals surface area contributed by atoms with Gasteiger partial charge >= 0.3 is 0 Å². The van der Waals surface area contributed by atoms with Gasteiger partial charge in [0.05, 0.1) is 11.7 Å². The van der Waals surface area contributed by atoms with Gasteiger partial charge in [-0.2, -0.15) is 5.10 Å². The zero-order chi connectivity index (χ0) is 14.1. The number of benzene rings is 2. The zero-order valence-corrected chi connectivity index (χ0v) is 13.1. The molecule has 0 saturated carbocycles. The molecular formula is C16H16BrN3. The summed E-state index contributed by atoms with van der Waals surface area (Å²) in [6.07, 6.45) is 1.82. The third-order valence-electron chi connectivity index (χ3n) is 3.49. The molecule has 1 unspecified atom stereocenters. The molecule has 2 aromatic carbocycles. The van der Waals surface area contributed by atoms with E-state index >= 15 is 0 Å². The number of aryl methyl sites for hydroxylation is 1. The second-order valence-electron chi connectivity index (χ2n) is 4.95. The summed E-state index contributed by atoms with van der Waals surface area (Å²) in [5.41, 5.74) is 2.29. The van der Waals surface area contributed by atoms with Crippen molar-refractivity contribution in [2.75, 3.05) is 5.32 Å². The van der Waals surface area contributed by atoms with E-state index < -0.39 is 0 Å². The second-order valence-corrected chi connectivity index (χ2v) is 5.87. The molecule has 0 aliphatic carbocycles. The lowest BCUT2D eigenvalue weighted by Gasteiger charge is -2.16. The largest absolute Gasteiger partial charge is 0.377 e. The molecule has 0 fully saturated rings. The summed E-state index contributed by atoms with van der Waals surface area (Å²) in [6.45, 7) is 2.14. The maximum Gasteiger partial charge on any atom is 0.0653 e. The first-order valence-corrected chi connectivity index (χ1v) is 7.36. The maximum atomic E-state index is 4.21. The van der Waals surface area contributed by atoms with Gasteiger partial charge in [-0.3, -0.25) is 4.68 Å². The van der Waals surface area contributed by atoms with E-state index in [1.165, 1.54) is 16.5 Å². The Kier molecular flexibility index (Phi) is 3.49. The Hall–Kier alpha value is -1.81. The molecule has 0 aliphatic rings. The third kappa shape index (κ3) is 2.56. The molecule has 0 amide bonds. The summed E-state index contributed by atoms with van der Waals surface area (Å²) in [7, 11) is 1.96. The number of hydrogen-bond acceptors (Lipinski definition) is 2. The third-order valence-corrected chi connectivity index (χ3v) is 3.98. The van der Waals surface area contributed by atoms with Gasteiger partial charge in [0.25, 0.3) is 0 Å². The molecule has 0 saturated heterocycles. The van der Waals surface area contributed by atoms with Gasteiger partial charge in [-0.05, 0) is 48.0 Å². The van der Waals surface area contributed by atoms with Crippen LogP contribution in [0.15, 0.2) is 53.1 Å². The molecule has 1 aromatic heterocycles. The van der Waals surface area contributed by atoms with Crippen LogP contribution in [0.1, 0.15) is 18.7 Å². The van der Waals surface area contributed by atoms with E-state index in [1.807, 2.05) is 24.0 Å². The minimum absolute atomic E-state index is 0.218. The van der Waals surface area contributed by atoms with Crippen molar-refractivity contribution in [1.29, 1.82) is 0 Å². The van der Waals surface area contributed by atoms with Crippen LogP contribution in [0.4, 0.5) is 5.69 Å². The molecule has 3 aromatic rings. The number of halogens is 1. The van der Waals surface area contributed by atoms with E-state index in [-0.39, 0.29) is 6.04 Å². The summed E-state index contributed by atoms with van der Waals surface area (Å²) in [4.78, 5) is 0. The topological polar surface area (TPSA) is 29.9 Å². The lowest BCUT2D eigenvalue weighted by atomic mass is 10.1. The number of fused-ring (bicyclic) bond motifs is 1. The maximum absolute atomic E-state index is 4.21. The minimum Gasteiger partial charge on any atom is -0.377 e. The molecule has 0 radical (unpaired) electrons. The summed E-state index contributed by atoms with van der Waals surface area (Å²) in [6, 6.07) is 15.0. The highest BCUT2D eigenvalue weighted by atomic mass is 79.9. The van der Waals surface area contributed by atoms with Crippen LogP contribution in [0.25, 0.3) is 10.8 Å². The van der Waals surface area contributed by atoms with Crippen LogP contribution in [0.5, 0.6) is 0 Å². The Morgan fingerprint density at radius 3 is 2.60 bits per heavy atom. The molecule has 0 bridgehead atoms. The fourth-order valence-electron chi connectivity index (χ4n) is 2.44. The predicted molar refractivity (Wildman–Crippen MR) is 86.9 cm³/mol. The molecular weight excluding hydrogens is 314 g/mol. The zero-order valence-electron chi connectivity index (χ0n) is 11.5. The molecule has 20 heavy (non-hydrogen) atoms. The van der Waals surface area contributed by atoms with Crippen LogP contribution in [-0.2, 0) is 7.05 Å². The molecule has 0 spiro atoms. The van der Waals surface area contributed by atoms with Gasteiger partial charge in [0.2, 0.25) is 0 Å². The smallest absolute Gasteiger partial charge is 0.0653 e. The number of nitrogens with zero attached hydrogens (tertiary/aromatic N) is 2. The average molecular weight is 330 g/mol. The number of rotatable bonds is 3. The first kappa shape index (κ1) is 13.2. The van der Waals surface area contributed by atoms with E-state index in [0.717, 1.165) is 10.2 Å². The van der Waals surface area contributed by atoms with Gasteiger partial charge < -0.3 is 5.32 Å². The van der Waals surface area contributed by atoms with Crippen molar-refractivity contribution in [2.45, 2.75) is 13.0 Å². The molecule has 1 heterocycles. The number of anilines is 1. The highest BCUT2D eigenvalue weighted by Crippen LogP contribution is 2.25. The van der Waals surface area contributed by atoms with Crippen LogP contribution < -0.4 is 5.32 Å².